The first-order valence-corrected chi connectivity index (χ1v) is 9.84. The van der Waals surface area contributed by atoms with Gasteiger partial charge in [-0.2, -0.15) is 0 Å². The molecule has 0 saturated heterocycles. The normalized spacial score (nSPS) is 13.4. The average Bonchev–Trinajstić information content (AvgIpc) is 3.38. The van der Waals surface area contributed by atoms with Crippen molar-refractivity contribution < 1.29 is 23.6 Å². The van der Waals surface area contributed by atoms with Crippen LogP contribution >= 0.6 is 0 Å². The van der Waals surface area contributed by atoms with Gasteiger partial charge in [0.15, 0.2) is 5.69 Å². The highest BCUT2D eigenvalue weighted by atomic mass is 16.6. The Balaban J connectivity index is 1.41. The van der Waals surface area contributed by atoms with Crippen molar-refractivity contribution in [3.8, 4) is 0 Å². The smallest absolute Gasteiger partial charge is 0.407 e. The van der Waals surface area contributed by atoms with E-state index in [0.29, 0.717) is 17.3 Å². The van der Waals surface area contributed by atoms with Gasteiger partial charge >= 0.3 is 6.09 Å². The Hall–Kier alpha value is -3.36. The molecule has 9 nitrogen and oxygen atoms in total. The number of alkyl carbamates (subject to hydrolysis) is 1. The Labute approximate surface area is 174 Å². The van der Waals surface area contributed by atoms with Crippen LogP contribution < -0.4 is 16.0 Å². The standard InChI is InChI=1S/C21H26N4O5/c1-21(2,3)29-20(28)22-11-10-18(26)23-14-6-8-15(9-7-14)24-19(27)16-12-17(30-25-16)13-4-5-13/h6-9,12-13H,4-5,10-11H2,1-3H3,(H,22,28)(H,23,26)(H,24,27). The molecule has 30 heavy (non-hydrogen) atoms. The molecule has 3 rings (SSSR count). The van der Waals surface area contributed by atoms with Crippen molar-refractivity contribution >= 4 is 29.3 Å². The lowest BCUT2D eigenvalue weighted by molar-refractivity contribution is -0.116. The van der Waals surface area contributed by atoms with Gasteiger partial charge in [-0.3, -0.25) is 9.59 Å². The Kier molecular flexibility index (Phi) is 6.39. The number of amides is 3. The van der Waals surface area contributed by atoms with Crippen LogP contribution in [0.25, 0.3) is 0 Å². The first-order chi connectivity index (χ1) is 14.2. The van der Waals surface area contributed by atoms with E-state index in [1.807, 2.05) is 0 Å². The number of rotatable bonds is 7. The number of nitrogens with one attached hydrogen (secondary N) is 3. The molecule has 9 heteroatoms. The van der Waals surface area contributed by atoms with Crippen LogP contribution in [0.3, 0.4) is 0 Å². The lowest BCUT2D eigenvalue weighted by atomic mass is 10.2. The monoisotopic (exact) mass is 414 g/mol. The van der Waals surface area contributed by atoms with E-state index in [4.69, 9.17) is 9.26 Å². The summed E-state index contributed by atoms with van der Waals surface area (Å²) in [6.07, 6.45) is 1.68. The maximum Gasteiger partial charge on any atom is 0.407 e. The molecule has 1 aliphatic rings. The maximum atomic E-state index is 12.2. The maximum absolute atomic E-state index is 12.2. The van der Waals surface area contributed by atoms with E-state index in [1.54, 1.807) is 51.1 Å². The number of anilines is 2. The summed E-state index contributed by atoms with van der Waals surface area (Å²) in [5, 5.41) is 11.8. The predicted octanol–water partition coefficient (Wildman–Crippen LogP) is 3.66. The zero-order valence-electron chi connectivity index (χ0n) is 17.3. The molecule has 1 saturated carbocycles. The highest BCUT2D eigenvalue weighted by Crippen LogP contribution is 2.40. The van der Waals surface area contributed by atoms with E-state index >= 15 is 0 Å². The molecule has 0 spiro atoms. The number of benzene rings is 1. The molecule has 1 aromatic heterocycles. The van der Waals surface area contributed by atoms with Crippen molar-refractivity contribution in [1.29, 1.82) is 0 Å². The fraction of sp³-hybridized carbons (Fsp3) is 0.429. The number of carbonyl (C=O) groups excluding carboxylic acids is 3. The summed E-state index contributed by atoms with van der Waals surface area (Å²) >= 11 is 0. The summed E-state index contributed by atoms with van der Waals surface area (Å²) in [4.78, 5) is 35.8. The summed E-state index contributed by atoms with van der Waals surface area (Å²) in [6, 6.07) is 8.37. The quantitative estimate of drug-likeness (QED) is 0.635. The lowest BCUT2D eigenvalue weighted by Gasteiger charge is -2.19. The van der Waals surface area contributed by atoms with E-state index in [9.17, 15) is 14.4 Å². The van der Waals surface area contributed by atoms with Gasteiger partial charge in [-0.25, -0.2) is 4.79 Å². The molecular formula is C21H26N4O5. The Morgan fingerprint density at radius 1 is 1.10 bits per heavy atom. The lowest BCUT2D eigenvalue weighted by Crippen LogP contribution is -2.34. The van der Waals surface area contributed by atoms with E-state index in [-0.39, 0.29) is 30.5 Å². The molecule has 1 aliphatic carbocycles. The van der Waals surface area contributed by atoms with Crippen LogP contribution in [-0.4, -0.2) is 35.2 Å². The van der Waals surface area contributed by atoms with Crippen molar-refractivity contribution in [3.63, 3.8) is 0 Å². The number of hydrogen-bond acceptors (Lipinski definition) is 6. The van der Waals surface area contributed by atoms with Crippen LogP contribution in [0.15, 0.2) is 34.9 Å². The molecule has 0 bridgehead atoms. The van der Waals surface area contributed by atoms with Gasteiger partial charge in [0.05, 0.1) is 0 Å². The minimum Gasteiger partial charge on any atom is -0.444 e. The van der Waals surface area contributed by atoms with Gasteiger partial charge in [0.1, 0.15) is 11.4 Å². The van der Waals surface area contributed by atoms with Crippen molar-refractivity contribution in [1.82, 2.24) is 10.5 Å². The van der Waals surface area contributed by atoms with Crippen LogP contribution in [0, 0.1) is 0 Å². The van der Waals surface area contributed by atoms with Gasteiger partial charge in [-0.05, 0) is 57.9 Å². The molecule has 0 radical (unpaired) electrons. The van der Waals surface area contributed by atoms with E-state index in [2.05, 4.69) is 21.1 Å². The number of hydrogen-bond donors (Lipinski definition) is 3. The summed E-state index contributed by atoms with van der Waals surface area (Å²) in [6.45, 7) is 5.46. The zero-order chi connectivity index (χ0) is 21.7. The Morgan fingerprint density at radius 3 is 2.33 bits per heavy atom. The number of nitrogens with zero attached hydrogens (tertiary/aromatic N) is 1. The minimum absolute atomic E-state index is 0.104. The van der Waals surface area contributed by atoms with Gasteiger partial charge in [-0.15, -0.1) is 0 Å². The molecule has 3 amide bonds. The molecule has 1 fully saturated rings. The molecule has 0 atom stereocenters. The van der Waals surface area contributed by atoms with E-state index in [0.717, 1.165) is 18.6 Å². The first kappa shape index (κ1) is 21.4. The first-order valence-electron chi connectivity index (χ1n) is 9.84. The average molecular weight is 414 g/mol. The van der Waals surface area contributed by atoms with Crippen molar-refractivity contribution in [2.45, 2.75) is 51.6 Å². The molecule has 0 aliphatic heterocycles. The highest BCUT2D eigenvalue weighted by Gasteiger charge is 2.28. The van der Waals surface area contributed by atoms with Crippen LogP contribution in [0.1, 0.15) is 62.2 Å². The van der Waals surface area contributed by atoms with Gasteiger partial charge in [-0.1, -0.05) is 5.16 Å². The topological polar surface area (TPSA) is 123 Å². The van der Waals surface area contributed by atoms with Crippen LogP contribution in [0.5, 0.6) is 0 Å². The number of ether oxygens (including phenoxy) is 1. The molecule has 2 aromatic rings. The fourth-order valence-corrected chi connectivity index (χ4v) is 2.60. The van der Waals surface area contributed by atoms with Crippen LogP contribution in [0.2, 0.25) is 0 Å². The second-order valence-corrected chi connectivity index (χ2v) is 8.15. The molecular weight excluding hydrogens is 388 g/mol. The fourth-order valence-electron chi connectivity index (χ4n) is 2.60. The van der Waals surface area contributed by atoms with Crippen LogP contribution in [-0.2, 0) is 9.53 Å². The van der Waals surface area contributed by atoms with Gasteiger partial charge in [0, 0.05) is 36.3 Å². The molecule has 1 heterocycles. The van der Waals surface area contributed by atoms with Gasteiger partial charge in [0.2, 0.25) is 5.91 Å². The van der Waals surface area contributed by atoms with Crippen LogP contribution in [0.4, 0.5) is 16.2 Å². The third kappa shape index (κ3) is 6.61. The van der Waals surface area contributed by atoms with E-state index in [1.165, 1.54) is 0 Å². The third-order valence-corrected chi connectivity index (χ3v) is 4.19. The second-order valence-electron chi connectivity index (χ2n) is 8.15. The Bertz CT molecular complexity index is 910. The van der Waals surface area contributed by atoms with Crippen molar-refractivity contribution in [3.05, 3.63) is 41.8 Å². The summed E-state index contributed by atoms with van der Waals surface area (Å²) < 4.78 is 10.3. The Morgan fingerprint density at radius 2 is 1.73 bits per heavy atom. The number of carbonyl (C=O) groups is 3. The van der Waals surface area contributed by atoms with Gasteiger partial charge in [0.25, 0.3) is 5.91 Å². The summed E-state index contributed by atoms with van der Waals surface area (Å²) in [7, 11) is 0. The predicted molar refractivity (Wildman–Crippen MR) is 110 cm³/mol. The SMILES string of the molecule is CC(C)(C)OC(=O)NCCC(=O)Nc1ccc(NC(=O)c2cc(C3CC3)on2)cc1. The molecule has 0 unspecified atom stereocenters. The molecule has 3 N–H and O–H groups in total. The summed E-state index contributed by atoms with van der Waals surface area (Å²) in [5.74, 6) is 0.536. The molecule has 160 valence electrons. The van der Waals surface area contributed by atoms with Gasteiger partial charge < -0.3 is 25.2 Å². The minimum atomic E-state index is -0.587. The zero-order valence-corrected chi connectivity index (χ0v) is 17.3. The second kappa shape index (κ2) is 8.98. The third-order valence-electron chi connectivity index (χ3n) is 4.19. The number of aromatic nitrogens is 1. The largest absolute Gasteiger partial charge is 0.444 e. The van der Waals surface area contributed by atoms with E-state index < -0.39 is 11.7 Å². The summed E-state index contributed by atoms with van der Waals surface area (Å²) in [5.41, 5.74) is 0.802. The van der Waals surface area contributed by atoms with Crippen molar-refractivity contribution in [2.24, 2.45) is 0 Å². The molecule has 1 aromatic carbocycles. The van der Waals surface area contributed by atoms with Crippen molar-refractivity contribution in [2.75, 3.05) is 17.2 Å². The highest BCUT2D eigenvalue weighted by molar-refractivity contribution is 6.03.